The molecule has 25 heavy (non-hydrogen) atoms. The summed E-state index contributed by atoms with van der Waals surface area (Å²) in [4.78, 5) is 34.8. The highest BCUT2D eigenvalue weighted by Crippen LogP contribution is 2.10. The molecule has 2 amide bonds. The lowest BCUT2D eigenvalue weighted by molar-refractivity contribution is -0.142. The second-order valence-corrected chi connectivity index (χ2v) is 6.02. The summed E-state index contributed by atoms with van der Waals surface area (Å²) < 4.78 is 4.90. The van der Waals surface area contributed by atoms with Crippen molar-refractivity contribution >= 4 is 23.5 Å². The number of amides is 2. The van der Waals surface area contributed by atoms with Crippen LogP contribution >= 0.6 is 0 Å². The zero-order valence-corrected chi connectivity index (χ0v) is 15.2. The Balaban J connectivity index is 2.45. The van der Waals surface area contributed by atoms with Crippen molar-refractivity contribution in [2.24, 2.45) is 5.92 Å². The van der Waals surface area contributed by atoms with Gasteiger partial charge in [-0.15, -0.1) is 0 Å². The minimum absolute atomic E-state index is 0.0946. The van der Waals surface area contributed by atoms with Crippen molar-refractivity contribution in [3.05, 3.63) is 29.8 Å². The van der Waals surface area contributed by atoms with E-state index in [2.05, 4.69) is 16.0 Å². The maximum atomic E-state index is 12.1. The van der Waals surface area contributed by atoms with E-state index in [1.165, 1.54) is 6.92 Å². The Morgan fingerprint density at radius 1 is 1.12 bits per heavy atom. The fraction of sp³-hybridized carbons (Fsp3) is 0.500. The summed E-state index contributed by atoms with van der Waals surface area (Å²) in [7, 11) is 0. The highest BCUT2D eigenvalue weighted by atomic mass is 16.5. The predicted octanol–water partition coefficient (Wildman–Crippen LogP) is 1.44. The highest BCUT2D eigenvalue weighted by molar-refractivity contribution is 5.95. The number of carbonyl (C=O) groups excluding carboxylic acids is 3. The third-order valence-electron chi connectivity index (χ3n) is 3.48. The number of rotatable bonds is 9. The average molecular weight is 349 g/mol. The normalized spacial score (nSPS) is 11.7. The van der Waals surface area contributed by atoms with E-state index >= 15 is 0 Å². The molecule has 7 heteroatoms. The lowest BCUT2D eigenvalue weighted by atomic mass is 10.0. The molecule has 138 valence electrons. The van der Waals surface area contributed by atoms with Gasteiger partial charge in [0.05, 0.1) is 12.6 Å². The van der Waals surface area contributed by atoms with Gasteiger partial charge in [-0.1, -0.05) is 32.9 Å². The van der Waals surface area contributed by atoms with E-state index in [0.29, 0.717) is 12.2 Å². The van der Waals surface area contributed by atoms with Gasteiger partial charge in [0.2, 0.25) is 11.8 Å². The van der Waals surface area contributed by atoms with Crippen molar-refractivity contribution in [3.8, 4) is 0 Å². The van der Waals surface area contributed by atoms with Gasteiger partial charge in [-0.05, 0) is 30.2 Å². The number of ether oxygens (including phenoxy) is 1. The van der Waals surface area contributed by atoms with Crippen LogP contribution in [0.3, 0.4) is 0 Å². The molecule has 0 aromatic heterocycles. The van der Waals surface area contributed by atoms with Crippen LogP contribution in [-0.4, -0.2) is 36.9 Å². The number of carbonyl (C=O) groups is 3. The molecule has 0 saturated carbocycles. The summed E-state index contributed by atoms with van der Waals surface area (Å²) in [6, 6.07) is 6.63. The second kappa shape index (κ2) is 10.5. The van der Waals surface area contributed by atoms with Crippen LogP contribution in [0.1, 0.15) is 33.3 Å². The van der Waals surface area contributed by atoms with Gasteiger partial charge < -0.3 is 20.7 Å². The van der Waals surface area contributed by atoms with Crippen molar-refractivity contribution in [2.75, 3.05) is 18.4 Å². The first-order chi connectivity index (χ1) is 11.8. The molecule has 0 aliphatic carbocycles. The van der Waals surface area contributed by atoms with Crippen molar-refractivity contribution in [3.63, 3.8) is 0 Å². The number of hydrogen-bond acceptors (Lipinski definition) is 5. The minimum Gasteiger partial charge on any atom is -0.461 e. The van der Waals surface area contributed by atoms with E-state index in [-0.39, 0.29) is 42.9 Å². The van der Waals surface area contributed by atoms with E-state index in [9.17, 15) is 14.4 Å². The maximum absolute atomic E-state index is 12.1. The van der Waals surface area contributed by atoms with Crippen LogP contribution in [0.15, 0.2) is 24.3 Å². The molecule has 0 aliphatic heterocycles. The molecule has 7 nitrogen and oxygen atoms in total. The number of anilines is 1. The van der Waals surface area contributed by atoms with Crippen LogP contribution in [0.2, 0.25) is 0 Å². The first-order valence-electron chi connectivity index (χ1n) is 8.36. The molecular formula is C18H27N3O4. The SMILES string of the molecule is CCNC(C(=O)NCC(=O)Nc1ccc(COC(C)=O)cc1)C(C)C. The van der Waals surface area contributed by atoms with Crippen LogP contribution in [0.5, 0.6) is 0 Å². The topological polar surface area (TPSA) is 96.5 Å². The smallest absolute Gasteiger partial charge is 0.302 e. The van der Waals surface area contributed by atoms with Crippen LogP contribution < -0.4 is 16.0 Å². The summed E-state index contributed by atoms with van der Waals surface area (Å²) in [5.74, 6) is -0.706. The number of esters is 1. The van der Waals surface area contributed by atoms with E-state index < -0.39 is 0 Å². The lowest BCUT2D eigenvalue weighted by Gasteiger charge is -2.20. The Bertz CT molecular complexity index is 584. The number of hydrogen-bond donors (Lipinski definition) is 3. The van der Waals surface area contributed by atoms with Crippen molar-refractivity contribution < 1.29 is 19.1 Å². The molecule has 1 unspecified atom stereocenters. The maximum Gasteiger partial charge on any atom is 0.302 e. The molecule has 0 radical (unpaired) electrons. The molecule has 0 bridgehead atoms. The summed E-state index contributed by atoms with van der Waals surface area (Å²) in [5, 5.41) is 8.45. The largest absolute Gasteiger partial charge is 0.461 e. The van der Waals surface area contributed by atoms with Gasteiger partial charge in [-0.3, -0.25) is 14.4 Å². The van der Waals surface area contributed by atoms with E-state index in [4.69, 9.17) is 4.74 Å². The Labute approximate surface area is 148 Å². The Hall–Kier alpha value is -2.41. The zero-order chi connectivity index (χ0) is 18.8. The standard InChI is InChI=1S/C18H27N3O4/c1-5-19-17(12(2)3)18(24)20-10-16(23)21-15-8-6-14(7-9-15)11-25-13(4)22/h6-9,12,17,19H,5,10-11H2,1-4H3,(H,20,24)(H,21,23). The Morgan fingerprint density at radius 2 is 1.76 bits per heavy atom. The summed E-state index contributed by atoms with van der Waals surface area (Å²) >= 11 is 0. The van der Waals surface area contributed by atoms with E-state index in [0.717, 1.165) is 5.56 Å². The molecule has 3 N–H and O–H groups in total. The van der Waals surface area contributed by atoms with Crippen LogP contribution in [0, 0.1) is 5.92 Å². The molecule has 1 aromatic rings. The number of nitrogens with one attached hydrogen (secondary N) is 3. The fourth-order valence-corrected chi connectivity index (χ4v) is 2.20. The highest BCUT2D eigenvalue weighted by Gasteiger charge is 2.21. The Kier molecular flexibility index (Phi) is 8.63. The van der Waals surface area contributed by atoms with Gasteiger partial charge >= 0.3 is 5.97 Å². The summed E-state index contributed by atoms with van der Waals surface area (Å²) in [5.41, 5.74) is 1.44. The van der Waals surface area contributed by atoms with Gasteiger partial charge in [-0.25, -0.2) is 0 Å². The Morgan fingerprint density at radius 3 is 2.28 bits per heavy atom. The van der Waals surface area contributed by atoms with Gasteiger partial charge in [0.1, 0.15) is 6.61 Å². The monoisotopic (exact) mass is 349 g/mol. The first kappa shape index (κ1) is 20.6. The molecule has 1 rings (SSSR count). The second-order valence-electron chi connectivity index (χ2n) is 6.02. The van der Waals surface area contributed by atoms with Crippen molar-refractivity contribution in [1.82, 2.24) is 10.6 Å². The van der Waals surface area contributed by atoms with Crippen molar-refractivity contribution in [2.45, 2.75) is 40.3 Å². The van der Waals surface area contributed by atoms with Gasteiger partial charge in [0, 0.05) is 12.6 Å². The average Bonchev–Trinajstić information content (AvgIpc) is 2.56. The van der Waals surface area contributed by atoms with E-state index in [1.807, 2.05) is 20.8 Å². The van der Waals surface area contributed by atoms with Gasteiger partial charge in [-0.2, -0.15) is 0 Å². The summed E-state index contributed by atoms with van der Waals surface area (Å²) in [6.45, 7) is 7.96. The molecule has 0 aliphatic rings. The van der Waals surface area contributed by atoms with Gasteiger partial charge in [0.25, 0.3) is 0 Å². The van der Waals surface area contributed by atoms with Crippen LogP contribution in [-0.2, 0) is 25.7 Å². The number of likely N-dealkylation sites (N-methyl/N-ethyl adjacent to an activating group) is 1. The summed E-state index contributed by atoms with van der Waals surface area (Å²) in [6.07, 6.45) is 0. The van der Waals surface area contributed by atoms with Crippen LogP contribution in [0.25, 0.3) is 0 Å². The third kappa shape index (κ3) is 7.80. The number of benzene rings is 1. The molecule has 1 atom stereocenters. The van der Waals surface area contributed by atoms with Crippen LogP contribution in [0.4, 0.5) is 5.69 Å². The lowest BCUT2D eigenvalue weighted by Crippen LogP contribution is -2.49. The quantitative estimate of drug-likeness (QED) is 0.586. The fourth-order valence-electron chi connectivity index (χ4n) is 2.20. The molecular weight excluding hydrogens is 322 g/mol. The predicted molar refractivity (Wildman–Crippen MR) is 95.9 cm³/mol. The van der Waals surface area contributed by atoms with Crippen molar-refractivity contribution in [1.29, 1.82) is 0 Å². The first-order valence-corrected chi connectivity index (χ1v) is 8.36. The molecule has 0 spiro atoms. The molecule has 0 fully saturated rings. The minimum atomic E-state index is -0.342. The molecule has 0 heterocycles. The molecule has 1 aromatic carbocycles. The van der Waals surface area contributed by atoms with Gasteiger partial charge in [0.15, 0.2) is 0 Å². The molecule has 0 saturated heterocycles. The third-order valence-corrected chi connectivity index (χ3v) is 3.48. The zero-order valence-electron chi connectivity index (χ0n) is 15.2. The van der Waals surface area contributed by atoms with E-state index in [1.54, 1.807) is 24.3 Å².